The number of rotatable bonds is 8. The maximum Gasteiger partial charge on any atom is 0.254 e. The zero-order chi connectivity index (χ0) is 29.1. The number of carbonyl (C=O) groups excluding carboxylic acids is 2. The summed E-state index contributed by atoms with van der Waals surface area (Å²) in [5.41, 5.74) is 3.09. The van der Waals surface area contributed by atoms with E-state index in [-0.39, 0.29) is 11.8 Å². The molecule has 1 saturated heterocycles. The summed E-state index contributed by atoms with van der Waals surface area (Å²) >= 11 is 0. The van der Waals surface area contributed by atoms with Gasteiger partial charge in [0.2, 0.25) is 5.91 Å². The van der Waals surface area contributed by atoms with E-state index < -0.39 is 12.0 Å². The van der Waals surface area contributed by atoms with Crippen LogP contribution in [0, 0.1) is 0 Å². The maximum atomic E-state index is 14.5. The van der Waals surface area contributed by atoms with E-state index in [0.29, 0.717) is 47.2 Å². The van der Waals surface area contributed by atoms with E-state index in [9.17, 15) is 9.59 Å². The monoisotopic (exact) mass is 559 g/mol. The van der Waals surface area contributed by atoms with Gasteiger partial charge in [-0.25, -0.2) is 0 Å². The Labute approximate surface area is 241 Å². The third-order valence-corrected chi connectivity index (χ3v) is 8.12. The van der Waals surface area contributed by atoms with Crippen LogP contribution in [0.3, 0.4) is 0 Å². The van der Waals surface area contributed by atoms with Crippen LogP contribution in [0.2, 0.25) is 0 Å². The number of fused-ring (bicyclic) bond motifs is 1. The first-order chi connectivity index (χ1) is 19.9. The van der Waals surface area contributed by atoms with Crippen LogP contribution in [0.4, 0.5) is 0 Å². The van der Waals surface area contributed by atoms with Crippen LogP contribution in [0.5, 0.6) is 23.0 Å². The fourth-order valence-corrected chi connectivity index (χ4v) is 5.93. The molecule has 0 saturated carbocycles. The average molecular weight is 560 g/mol. The van der Waals surface area contributed by atoms with Gasteiger partial charge in [0.25, 0.3) is 5.91 Å². The molecule has 2 amide bonds. The number of amides is 2. The minimum atomic E-state index is -0.661. The molecular formula is C32H37N3O6. The summed E-state index contributed by atoms with van der Waals surface area (Å²) in [6.45, 7) is 3.57. The van der Waals surface area contributed by atoms with Gasteiger partial charge in [0.15, 0.2) is 23.0 Å². The smallest absolute Gasteiger partial charge is 0.254 e. The Bertz CT molecular complexity index is 1400. The van der Waals surface area contributed by atoms with E-state index >= 15 is 0 Å². The van der Waals surface area contributed by atoms with E-state index in [2.05, 4.69) is 17.0 Å². The summed E-state index contributed by atoms with van der Waals surface area (Å²) in [5, 5.41) is 0. The fourth-order valence-electron chi connectivity index (χ4n) is 5.93. The molecule has 2 unspecified atom stereocenters. The predicted octanol–water partition coefficient (Wildman–Crippen LogP) is 3.98. The van der Waals surface area contributed by atoms with Gasteiger partial charge in [-0.05, 0) is 41.0 Å². The molecule has 9 nitrogen and oxygen atoms in total. The topological polar surface area (TPSA) is 80.8 Å². The summed E-state index contributed by atoms with van der Waals surface area (Å²) in [7, 11) is 7.97. The van der Waals surface area contributed by atoms with Gasteiger partial charge < -0.3 is 28.7 Å². The number of benzene rings is 3. The quantitative estimate of drug-likeness (QED) is 0.413. The predicted molar refractivity (Wildman–Crippen MR) is 155 cm³/mol. The highest BCUT2D eigenvalue weighted by Gasteiger charge is 2.45. The van der Waals surface area contributed by atoms with Gasteiger partial charge in [-0.1, -0.05) is 36.4 Å². The molecule has 9 heteroatoms. The van der Waals surface area contributed by atoms with Crippen LogP contribution in [-0.2, 0) is 11.3 Å². The van der Waals surface area contributed by atoms with Crippen LogP contribution in [0.15, 0.2) is 60.7 Å². The second-order valence-electron chi connectivity index (χ2n) is 10.3. The highest BCUT2D eigenvalue weighted by Crippen LogP contribution is 2.47. The Balaban J connectivity index is 1.52. The lowest BCUT2D eigenvalue weighted by Crippen LogP contribution is -2.52. The maximum absolute atomic E-state index is 14.5. The summed E-state index contributed by atoms with van der Waals surface area (Å²) in [6.07, 6.45) is 0. The molecule has 0 aromatic heterocycles. The highest BCUT2D eigenvalue weighted by molar-refractivity contribution is 6.02. The van der Waals surface area contributed by atoms with Gasteiger partial charge >= 0.3 is 0 Å². The number of likely N-dealkylation sites (N-methyl/N-ethyl adjacent to an activating group) is 1. The van der Waals surface area contributed by atoms with Gasteiger partial charge in [0, 0.05) is 45.3 Å². The molecule has 0 aliphatic carbocycles. The third-order valence-electron chi connectivity index (χ3n) is 8.12. The SMILES string of the molecule is COc1ccc(C2C(C(=O)N3CCN(Cc4ccccc4)CC3)c3cc(OC)c(OC)cc3C(=O)N2C)cc1OC. The van der Waals surface area contributed by atoms with Crippen LogP contribution >= 0.6 is 0 Å². The van der Waals surface area contributed by atoms with E-state index in [1.807, 2.05) is 35.2 Å². The Morgan fingerprint density at radius 2 is 1.39 bits per heavy atom. The molecule has 0 N–H and O–H groups in total. The number of methoxy groups -OCH3 is 4. The molecule has 0 radical (unpaired) electrons. The molecule has 5 rings (SSSR count). The zero-order valence-corrected chi connectivity index (χ0v) is 24.3. The number of carbonyl (C=O) groups is 2. The van der Waals surface area contributed by atoms with E-state index in [1.54, 1.807) is 51.5 Å². The number of hydrogen-bond donors (Lipinski definition) is 0. The summed E-state index contributed by atoms with van der Waals surface area (Å²) < 4.78 is 22.1. The molecule has 3 aromatic carbocycles. The van der Waals surface area contributed by atoms with E-state index in [4.69, 9.17) is 18.9 Å². The minimum Gasteiger partial charge on any atom is -0.493 e. The van der Waals surface area contributed by atoms with Crippen molar-refractivity contribution in [1.29, 1.82) is 0 Å². The summed E-state index contributed by atoms with van der Waals surface area (Å²) in [4.78, 5) is 34.2. The standard InChI is InChI=1S/C32H37N3O6/c1-33-30(22-11-12-25(38-2)26(17-22)39-3)29(23-18-27(40-4)28(41-5)19-24(23)31(33)36)32(37)35-15-13-34(14-16-35)20-21-9-7-6-8-10-21/h6-12,17-19,29-30H,13-16,20H2,1-5H3. The van der Waals surface area contributed by atoms with Crippen LogP contribution in [0.1, 0.15) is 39.0 Å². The van der Waals surface area contributed by atoms with E-state index in [1.165, 1.54) is 12.7 Å². The molecule has 0 bridgehead atoms. The lowest BCUT2D eigenvalue weighted by Gasteiger charge is -2.43. The molecule has 2 aliphatic rings. The number of ether oxygens (including phenoxy) is 4. The summed E-state index contributed by atoms with van der Waals surface area (Å²) in [6, 6.07) is 18.8. The molecule has 2 atom stereocenters. The molecule has 1 fully saturated rings. The second-order valence-corrected chi connectivity index (χ2v) is 10.3. The van der Waals surface area contributed by atoms with Gasteiger partial charge in [-0.2, -0.15) is 0 Å². The second kappa shape index (κ2) is 12.1. The Hall–Kier alpha value is -4.24. The van der Waals surface area contributed by atoms with Crippen molar-refractivity contribution in [3.05, 3.63) is 82.9 Å². The highest BCUT2D eigenvalue weighted by atomic mass is 16.5. The van der Waals surface area contributed by atoms with Crippen LogP contribution in [0.25, 0.3) is 0 Å². The van der Waals surface area contributed by atoms with Gasteiger partial charge in [0.05, 0.1) is 40.4 Å². The van der Waals surface area contributed by atoms with Gasteiger partial charge in [0.1, 0.15) is 0 Å². The number of nitrogens with zero attached hydrogens (tertiary/aromatic N) is 3. The minimum absolute atomic E-state index is 0.0306. The summed E-state index contributed by atoms with van der Waals surface area (Å²) in [5.74, 6) is 1.13. The van der Waals surface area contributed by atoms with Gasteiger partial charge in [-0.15, -0.1) is 0 Å². The van der Waals surface area contributed by atoms with Gasteiger partial charge in [-0.3, -0.25) is 14.5 Å². The lowest BCUT2D eigenvalue weighted by atomic mass is 9.78. The van der Waals surface area contributed by atoms with Crippen molar-refractivity contribution in [2.45, 2.75) is 18.5 Å². The van der Waals surface area contributed by atoms with Crippen molar-refractivity contribution in [2.24, 2.45) is 0 Å². The van der Waals surface area contributed by atoms with E-state index in [0.717, 1.165) is 25.2 Å². The number of piperazine rings is 1. The molecule has 0 spiro atoms. The van der Waals surface area contributed by atoms with Crippen molar-refractivity contribution in [3.8, 4) is 23.0 Å². The lowest BCUT2D eigenvalue weighted by molar-refractivity contribution is -0.136. The normalized spacial score (nSPS) is 19.0. The van der Waals surface area contributed by atoms with Crippen LogP contribution < -0.4 is 18.9 Å². The van der Waals surface area contributed by atoms with Crippen molar-refractivity contribution in [1.82, 2.24) is 14.7 Å². The Kier molecular flexibility index (Phi) is 8.35. The molecule has 216 valence electrons. The van der Waals surface area contributed by atoms with Crippen molar-refractivity contribution in [2.75, 3.05) is 61.7 Å². The first kappa shape index (κ1) is 28.3. The van der Waals surface area contributed by atoms with Crippen molar-refractivity contribution >= 4 is 11.8 Å². The zero-order valence-electron chi connectivity index (χ0n) is 24.3. The Morgan fingerprint density at radius 1 is 0.780 bits per heavy atom. The average Bonchev–Trinajstić information content (AvgIpc) is 3.02. The molecule has 41 heavy (non-hydrogen) atoms. The largest absolute Gasteiger partial charge is 0.493 e. The fraction of sp³-hybridized carbons (Fsp3) is 0.375. The van der Waals surface area contributed by atoms with Crippen molar-refractivity contribution in [3.63, 3.8) is 0 Å². The first-order valence-electron chi connectivity index (χ1n) is 13.7. The first-order valence-corrected chi connectivity index (χ1v) is 13.7. The third kappa shape index (κ3) is 5.41. The van der Waals surface area contributed by atoms with Crippen LogP contribution in [-0.4, -0.2) is 88.2 Å². The van der Waals surface area contributed by atoms with Crippen molar-refractivity contribution < 1.29 is 28.5 Å². The Morgan fingerprint density at radius 3 is 2.02 bits per heavy atom. The number of hydrogen-bond acceptors (Lipinski definition) is 7. The molecular weight excluding hydrogens is 522 g/mol. The molecule has 2 heterocycles. The molecule has 3 aromatic rings. The molecule has 2 aliphatic heterocycles.